The van der Waals surface area contributed by atoms with Gasteiger partial charge in [-0.05, 0) is 63.5 Å². The van der Waals surface area contributed by atoms with Crippen molar-refractivity contribution in [3.8, 4) is 17.2 Å². The van der Waals surface area contributed by atoms with Crippen LogP contribution in [-0.4, -0.2) is 31.4 Å². The molecule has 6 heteroatoms. The Labute approximate surface area is 168 Å². The van der Waals surface area contributed by atoms with Crippen LogP contribution in [0.5, 0.6) is 17.2 Å². The van der Waals surface area contributed by atoms with Gasteiger partial charge >= 0.3 is 0 Å². The van der Waals surface area contributed by atoms with E-state index in [0.29, 0.717) is 48.6 Å². The maximum Gasteiger partial charge on any atom is 0.271 e. The first-order valence-corrected chi connectivity index (χ1v) is 10.2. The standard InChI is InChI=1S/C22H34N2O4/c1-7-26-18-11-16(12-19(27-8-2)20(18)28-9-3)21(25)24-23-17-10-15(4)13-22(5,6)14-17/h11-12,15H,7-10,13-14H2,1-6H3,(H,24,25)/b23-17-/t15-/m1/s1. The molecule has 1 aromatic carbocycles. The van der Waals surface area contributed by atoms with Crippen molar-refractivity contribution < 1.29 is 19.0 Å². The van der Waals surface area contributed by atoms with Gasteiger partial charge in [-0.1, -0.05) is 20.8 Å². The number of benzene rings is 1. The Kier molecular flexibility index (Phi) is 7.72. The van der Waals surface area contributed by atoms with Gasteiger partial charge < -0.3 is 14.2 Å². The molecule has 0 radical (unpaired) electrons. The smallest absolute Gasteiger partial charge is 0.271 e. The summed E-state index contributed by atoms with van der Waals surface area (Å²) in [7, 11) is 0. The molecule has 1 atom stereocenters. The van der Waals surface area contributed by atoms with Crippen molar-refractivity contribution in [2.75, 3.05) is 19.8 Å². The molecule has 1 amide bonds. The number of hydrogen-bond acceptors (Lipinski definition) is 5. The van der Waals surface area contributed by atoms with Crippen molar-refractivity contribution in [3.63, 3.8) is 0 Å². The van der Waals surface area contributed by atoms with E-state index in [1.54, 1.807) is 12.1 Å². The number of ether oxygens (including phenoxy) is 3. The summed E-state index contributed by atoms with van der Waals surface area (Å²) in [6.45, 7) is 13.8. The highest BCUT2D eigenvalue weighted by molar-refractivity contribution is 5.97. The second-order valence-electron chi connectivity index (χ2n) is 8.07. The Bertz CT molecular complexity index is 685. The van der Waals surface area contributed by atoms with Crippen molar-refractivity contribution in [3.05, 3.63) is 17.7 Å². The Morgan fingerprint density at radius 1 is 1.11 bits per heavy atom. The maximum atomic E-state index is 12.7. The van der Waals surface area contributed by atoms with Crippen LogP contribution >= 0.6 is 0 Å². The van der Waals surface area contributed by atoms with Crippen LogP contribution in [0.4, 0.5) is 0 Å². The van der Waals surface area contributed by atoms with Gasteiger partial charge in [0.15, 0.2) is 11.5 Å². The van der Waals surface area contributed by atoms with E-state index in [-0.39, 0.29) is 11.3 Å². The van der Waals surface area contributed by atoms with Gasteiger partial charge in [0.25, 0.3) is 5.91 Å². The molecular formula is C22H34N2O4. The van der Waals surface area contributed by atoms with Crippen molar-refractivity contribution in [2.24, 2.45) is 16.4 Å². The lowest BCUT2D eigenvalue weighted by atomic mass is 9.72. The van der Waals surface area contributed by atoms with Gasteiger partial charge in [0, 0.05) is 11.3 Å². The monoisotopic (exact) mass is 390 g/mol. The van der Waals surface area contributed by atoms with Crippen LogP contribution in [-0.2, 0) is 0 Å². The molecule has 2 rings (SSSR count). The number of nitrogens with one attached hydrogen (secondary N) is 1. The summed E-state index contributed by atoms with van der Waals surface area (Å²) in [5.41, 5.74) is 4.40. The van der Waals surface area contributed by atoms with Gasteiger partial charge in [-0.25, -0.2) is 5.43 Å². The molecule has 1 fully saturated rings. The lowest BCUT2D eigenvalue weighted by Crippen LogP contribution is -2.30. The van der Waals surface area contributed by atoms with Crippen LogP contribution in [0, 0.1) is 11.3 Å². The Hall–Kier alpha value is -2.24. The van der Waals surface area contributed by atoms with Gasteiger partial charge in [0.1, 0.15) is 0 Å². The third kappa shape index (κ3) is 5.88. The summed E-state index contributed by atoms with van der Waals surface area (Å²) < 4.78 is 17.1. The first-order chi connectivity index (χ1) is 13.3. The molecule has 0 heterocycles. The van der Waals surface area contributed by atoms with Crippen LogP contribution in [0.2, 0.25) is 0 Å². The fourth-order valence-electron chi connectivity index (χ4n) is 3.91. The predicted octanol–water partition coefficient (Wildman–Crippen LogP) is 4.81. The number of carbonyl (C=O) groups is 1. The number of carbonyl (C=O) groups excluding carboxylic acids is 1. The summed E-state index contributed by atoms with van der Waals surface area (Å²) in [6.07, 6.45) is 2.99. The number of nitrogens with zero attached hydrogens (tertiary/aromatic N) is 1. The number of rotatable bonds is 8. The highest BCUT2D eigenvalue weighted by Gasteiger charge is 2.29. The molecule has 0 aliphatic heterocycles. The van der Waals surface area contributed by atoms with E-state index in [1.807, 2.05) is 20.8 Å². The van der Waals surface area contributed by atoms with E-state index < -0.39 is 0 Å². The average molecular weight is 391 g/mol. The van der Waals surface area contributed by atoms with Crippen molar-refractivity contribution >= 4 is 11.6 Å². The lowest BCUT2D eigenvalue weighted by molar-refractivity contribution is 0.0952. The minimum absolute atomic E-state index is 0.213. The zero-order valence-corrected chi connectivity index (χ0v) is 18.1. The van der Waals surface area contributed by atoms with E-state index in [4.69, 9.17) is 14.2 Å². The van der Waals surface area contributed by atoms with E-state index in [1.165, 1.54) is 6.42 Å². The van der Waals surface area contributed by atoms with Crippen LogP contribution in [0.3, 0.4) is 0 Å². The zero-order valence-electron chi connectivity index (χ0n) is 18.1. The summed E-state index contributed by atoms with van der Waals surface area (Å²) in [6, 6.07) is 3.36. The van der Waals surface area contributed by atoms with E-state index >= 15 is 0 Å². The molecule has 1 N–H and O–H groups in total. The lowest BCUT2D eigenvalue weighted by Gasteiger charge is -2.34. The van der Waals surface area contributed by atoms with Gasteiger partial charge in [-0.15, -0.1) is 0 Å². The molecule has 1 aliphatic carbocycles. The number of hydrogen-bond donors (Lipinski definition) is 1. The molecule has 6 nitrogen and oxygen atoms in total. The summed E-state index contributed by atoms with van der Waals surface area (Å²) >= 11 is 0. The highest BCUT2D eigenvalue weighted by Crippen LogP contribution is 2.39. The van der Waals surface area contributed by atoms with Crippen LogP contribution in [0.25, 0.3) is 0 Å². The Morgan fingerprint density at radius 2 is 1.68 bits per heavy atom. The third-order valence-corrected chi connectivity index (χ3v) is 4.65. The van der Waals surface area contributed by atoms with E-state index in [2.05, 4.69) is 31.3 Å². The largest absolute Gasteiger partial charge is 0.490 e. The zero-order chi connectivity index (χ0) is 20.7. The molecular weight excluding hydrogens is 356 g/mol. The maximum absolute atomic E-state index is 12.7. The van der Waals surface area contributed by atoms with Crippen LogP contribution < -0.4 is 19.6 Å². The minimum Gasteiger partial charge on any atom is -0.490 e. The minimum atomic E-state index is -0.284. The highest BCUT2D eigenvalue weighted by atomic mass is 16.5. The van der Waals surface area contributed by atoms with Gasteiger partial charge in [0.05, 0.1) is 19.8 Å². The molecule has 0 unspecified atom stereocenters. The first kappa shape index (κ1) is 22.1. The van der Waals surface area contributed by atoms with Crippen LogP contribution in [0.15, 0.2) is 17.2 Å². The van der Waals surface area contributed by atoms with Crippen molar-refractivity contribution in [1.82, 2.24) is 5.43 Å². The van der Waals surface area contributed by atoms with E-state index in [9.17, 15) is 4.79 Å². The molecule has 156 valence electrons. The van der Waals surface area contributed by atoms with Gasteiger partial charge in [-0.2, -0.15) is 5.10 Å². The fraction of sp³-hybridized carbons (Fsp3) is 0.636. The quantitative estimate of drug-likeness (QED) is 0.647. The predicted molar refractivity (Wildman–Crippen MR) is 112 cm³/mol. The van der Waals surface area contributed by atoms with Crippen molar-refractivity contribution in [2.45, 2.75) is 60.8 Å². The van der Waals surface area contributed by atoms with E-state index in [0.717, 1.165) is 18.6 Å². The van der Waals surface area contributed by atoms with Crippen LogP contribution in [0.1, 0.15) is 71.2 Å². The molecule has 28 heavy (non-hydrogen) atoms. The summed E-state index contributed by atoms with van der Waals surface area (Å²) in [5.74, 6) is 1.81. The fourth-order valence-corrected chi connectivity index (χ4v) is 3.91. The second kappa shape index (κ2) is 9.80. The SMILES string of the molecule is CCOc1cc(C(=O)N/N=C2/C[C@@H](C)CC(C)(C)C2)cc(OCC)c1OCC. The normalized spacial score (nSPS) is 19.9. The molecule has 1 saturated carbocycles. The molecule has 0 spiro atoms. The topological polar surface area (TPSA) is 69.2 Å². The second-order valence-corrected chi connectivity index (χ2v) is 8.07. The average Bonchev–Trinajstić information content (AvgIpc) is 2.61. The Balaban J connectivity index is 2.25. The molecule has 1 aliphatic rings. The molecule has 0 saturated heterocycles. The summed E-state index contributed by atoms with van der Waals surface area (Å²) in [5, 5.41) is 4.42. The van der Waals surface area contributed by atoms with Crippen molar-refractivity contribution in [1.29, 1.82) is 0 Å². The molecule has 1 aromatic rings. The van der Waals surface area contributed by atoms with Gasteiger partial charge in [0.2, 0.25) is 5.75 Å². The number of amides is 1. The van der Waals surface area contributed by atoms with Gasteiger partial charge in [-0.3, -0.25) is 4.79 Å². The third-order valence-electron chi connectivity index (χ3n) is 4.65. The number of hydrazone groups is 1. The molecule has 0 aromatic heterocycles. The summed E-state index contributed by atoms with van der Waals surface area (Å²) in [4.78, 5) is 12.7. The molecule has 0 bridgehead atoms. The first-order valence-electron chi connectivity index (χ1n) is 10.2. The Morgan fingerprint density at radius 3 is 2.18 bits per heavy atom.